The predicted octanol–water partition coefficient (Wildman–Crippen LogP) is 3.70. The minimum atomic E-state index is -0.361. The Kier molecular flexibility index (Phi) is 4.88. The van der Waals surface area contributed by atoms with Crippen LogP contribution in [-0.2, 0) is 18.3 Å². The topological polar surface area (TPSA) is 71.8 Å². The van der Waals surface area contributed by atoms with Crippen molar-refractivity contribution in [1.29, 1.82) is 0 Å². The number of aromatic nitrogens is 3. The van der Waals surface area contributed by atoms with Gasteiger partial charge in [0.25, 0.3) is 0 Å². The minimum Gasteiger partial charge on any atom is -0.344 e. The summed E-state index contributed by atoms with van der Waals surface area (Å²) in [5.74, 6) is -0.115. The largest absolute Gasteiger partial charge is 0.344 e. The van der Waals surface area contributed by atoms with Crippen LogP contribution in [0.5, 0.6) is 0 Å². The lowest BCUT2D eigenvalue weighted by Crippen LogP contribution is -2.28. The van der Waals surface area contributed by atoms with Gasteiger partial charge in [-0.1, -0.05) is 12.1 Å². The third kappa shape index (κ3) is 3.39. The van der Waals surface area contributed by atoms with Gasteiger partial charge < -0.3 is 9.88 Å². The number of carbonyl (C=O) groups is 1. The summed E-state index contributed by atoms with van der Waals surface area (Å²) < 4.78 is 1.92. The van der Waals surface area contributed by atoms with Crippen LogP contribution >= 0.6 is 11.8 Å². The van der Waals surface area contributed by atoms with Gasteiger partial charge in [0, 0.05) is 44.1 Å². The molecule has 0 radical (unpaired) electrons. The smallest absolute Gasteiger partial charge is 0.217 e. The molecule has 1 aromatic carbocycles. The zero-order chi connectivity index (χ0) is 19.7. The highest BCUT2D eigenvalue weighted by Gasteiger charge is 2.26. The molecule has 0 saturated heterocycles. The molecule has 2 N–H and O–H groups in total. The molecule has 1 aliphatic carbocycles. The van der Waals surface area contributed by atoms with Gasteiger partial charge in [0.2, 0.25) is 5.91 Å². The molecule has 0 saturated carbocycles. The maximum Gasteiger partial charge on any atom is 0.217 e. The molecule has 142 valence electrons. The number of carbonyl (C=O) groups excluding carboxylic acids is 1. The van der Waals surface area contributed by atoms with Crippen molar-refractivity contribution in [3.8, 4) is 0 Å². The number of aryl methyl sites for hydroxylation is 1. The second-order valence-corrected chi connectivity index (χ2v) is 7.03. The molecule has 7 heteroatoms. The third-order valence-electron chi connectivity index (χ3n) is 4.93. The van der Waals surface area contributed by atoms with Crippen molar-refractivity contribution >= 4 is 35.0 Å². The predicted molar refractivity (Wildman–Crippen MR) is 111 cm³/mol. The number of hydrogen-bond acceptors (Lipinski definition) is 4. The van der Waals surface area contributed by atoms with Gasteiger partial charge in [0.1, 0.15) is 0 Å². The fourth-order valence-corrected chi connectivity index (χ4v) is 3.73. The monoisotopic (exact) mass is 393 g/mol. The summed E-state index contributed by atoms with van der Waals surface area (Å²) in [6.45, 7) is 1.52. The molecule has 1 unspecified atom stereocenters. The first-order chi connectivity index (χ1) is 13.6. The lowest BCUT2D eigenvalue weighted by atomic mass is 9.91. The van der Waals surface area contributed by atoms with Crippen molar-refractivity contribution in [2.24, 2.45) is 7.05 Å². The SMILES string of the molecule is CC(=O)NC(C1=Cc2cccnc2Cc2ccc(NCl)cc21)c1cncn1C. The molecule has 0 fully saturated rings. The Balaban J connectivity index is 1.97. The van der Waals surface area contributed by atoms with E-state index in [1.807, 2.05) is 41.9 Å². The fraction of sp³-hybridized carbons (Fsp3) is 0.190. The van der Waals surface area contributed by atoms with Crippen molar-refractivity contribution in [2.75, 3.05) is 4.84 Å². The zero-order valence-electron chi connectivity index (χ0n) is 15.6. The Labute approximate surface area is 168 Å². The van der Waals surface area contributed by atoms with Crippen LogP contribution in [-0.4, -0.2) is 20.4 Å². The second-order valence-electron chi connectivity index (χ2n) is 6.85. The lowest BCUT2D eigenvalue weighted by molar-refractivity contribution is -0.119. The molecule has 0 spiro atoms. The third-order valence-corrected chi connectivity index (χ3v) is 5.15. The molecular formula is C21H20ClN5O. The van der Waals surface area contributed by atoms with E-state index in [0.29, 0.717) is 6.42 Å². The van der Waals surface area contributed by atoms with Crippen LogP contribution in [0.1, 0.15) is 41.0 Å². The van der Waals surface area contributed by atoms with Gasteiger partial charge in [0.05, 0.1) is 30.0 Å². The second kappa shape index (κ2) is 7.48. The first-order valence-electron chi connectivity index (χ1n) is 8.95. The normalized spacial score (nSPS) is 13.6. The number of pyridine rings is 1. The van der Waals surface area contributed by atoms with E-state index in [2.05, 4.69) is 26.2 Å². The van der Waals surface area contributed by atoms with Crippen molar-refractivity contribution in [3.05, 3.63) is 77.1 Å². The highest BCUT2D eigenvalue weighted by Crippen LogP contribution is 2.38. The summed E-state index contributed by atoms with van der Waals surface area (Å²) >= 11 is 5.87. The quantitative estimate of drug-likeness (QED) is 0.663. The van der Waals surface area contributed by atoms with Crippen LogP contribution in [0.3, 0.4) is 0 Å². The number of halogens is 1. The molecule has 6 nitrogen and oxygen atoms in total. The van der Waals surface area contributed by atoms with Gasteiger partial charge >= 0.3 is 0 Å². The number of rotatable bonds is 4. The van der Waals surface area contributed by atoms with E-state index in [1.165, 1.54) is 6.92 Å². The van der Waals surface area contributed by atoms with Gasteiger partial charge in [-0.05, 0) is 46.5 Å². The Morgan fingerprint density at radius 2 is 2.18 bits per heavy atom. The average molecular weight is 394 g/mol. The first kappa shape index (κ1) is 18.3. The number of nitrogens with zero attached hydrogens (tertiary/aromatic N) is 3. The lowest BCUT2D eigenvalue weighted by Gasteiger charge is -2.23. The Hall–Kier alpha value is -3.12. The Morgan fingerprint density at radius 3 is 2.89 bits per heavy atom. The molecule has 3 aromatic rings. The van der Waals surface area contributed by atoms with Gasteiger partial charge in [-0.3, -0.25) is 14.6 Å². The molecule has 2 heterocycles. The minimum absolute atomic E-state index is 0.115. The van der Waals surface area contributed by atoms with Crippen molar-refractivity contribution in [1.82, 2.24) is 19.9 Å². The van der Waals surface area contributed by atoms with Crippen LogP contribution in [0.4, 0.5) is 5.69 Å². The van der Waals surface area contributed by atoms with Gasteiger partial charge in [0.15, 0.2) is 0 Å². The number of fused-ring (bicyclic) bond motifs is 2. The van der Waals surface area contributed by atoms with Gasteiger partial charge in [-0.2, -0.15) is 0 Å². The molecule has 0 bridgehead atoms. The summed E-state index contributed by atoms with van der Waals surface area (Å²) in [7, 11) is 1.92. The number of amides is 1. The number of benzene rings is 1. The molecule has 1 amide bonds. The molecule has 1 aliphatic rings. The van der Waals surface area contributed by atoms with Crippen LogP contribution in [0.15, 0.2) is 49.1 Å². The molecule has 2 aromatic heterocycles. The first-order valence-corrected chi connectivity index (χ1v) is 9.33. The van der Waals surface area contributed by atoms with E-state index in [-0.39, 0.29) is 11.9 Å². The van der Waals surface area contributed by atoms with Crippen LogP contribution in [0.2, 0.25) is 0 Å². The number of nitrogens with one attached hydrogen (secondary N) is 2. The van der Waals surface area contributed by atoms with Gasteiger partial charge in [-0.25, -0.2) is 4.98 Å². The summed E-state index contributed by atoms with van der Waals surface area (Å²) in [6.07, 6.45) is 8.11. The molecule has 1 atom stereocenters. The van der Waals surface area contributed by atoms with Crippen LogP contribution in [0.25, 0.3) is 11.6 Å². The Morgan fingerprint density at radius 1 is 1.32 bits per heavy atom. The summed E-state index contributed by atoms with van der Waals surface area (Å²) in [6, 6.07) is 9.60. The maximum atomic E-state index is 12.1. The number of anilines is 1. The van der Waals surface area contributed by atoms with E-state index in [1.54, 1.807) is 18.7 Å². The van der Waals surface area contributed by atoms with Gasteiger partial charge in [-0.15, -0.1) is 0 Å². The molecule has 28 heavy (non-hydrogen) atoms. The fourth-order valence-electron chi connectivity index (χ4n) is 3.61. The average Bonchev–Trinajstić information content (AvgIpc) is 3.04. The molecule has 0 aliphatic heterocycles. The van der Waals surface area contributed by atoms with Crippen molar-refractivity contribution in [2.45, 2.75) is 19.4 Å². The summed E-state index contributed by atoms with van der Waals surface area (Å²) in [4.78, 5) is 23.6. The molecular weight excluding hydrogens is 374 g/mol. The highest BCUT2D eigenvalue weighted by atomic mass is 35.5. The van der Waals surface area contributed by atoms with E-state index < -0.39 is 0 Å². The van der Waals surface area contributed by atoms with Crippen LogP contribution < -0.4 is 10.2 Å². The molecule has 4 rings (SSSR count). The van der Waals surface area contributed by atoms with Crippen LogP contribution in [0, 0.1) is 0 Å². The highest BCUT2D eigenvalue weighted by molar-refractivity contribution is 6.24. The zero-order valence-corrected chi connectivity index (χ0v) is 16.4. The Bertz CT molecular complexity index is 1070. The summed E-state index contributed by atoms with van der Waals surface area (Å²) in [5, 5.41) is 3.09. The standard InChI is InChI=1S/C21H20ClN5O/c1-13(28)25-21(20-11-23-12-27(20)2)18-8-15-4-3-7-24-19(15)9-14-5-6-16(26-22)10-17(14)18/h3-8,10-12,21,26H,9H2,1-2H3,(H,25,28). The summed E-state index contributed by atoms with van der Waals surface area (Å²) in [5.41, 5.74) is 6.82. The number of imidazole rings is 1. The van der Waals surface area contributed by atoms with Crippen molar-refractivity contribution < 1.29 is 4.79 Å². The van der Waals surface area contributed by atoms with E-state index in [0.717, 1.165) is 39.3 Å². The number of hydrogen-bond donors (Lipinski definition) is 2. The van der Waals surface area contributed by atoms with E-state index in [9.17, 15) is 4.79 Å². The van der Waals surface area contributed by atoms with E-state index >= 15 is 0 Å². The maximum absolute atomic E-state index is 12.1. The van der Waals surface area contributed by atoms with E-state index in [4.69, 9.17) is 11.8 Å². The van der Waals surface area contributed by atoms with Crippen molar-refractivity contribution in [3.63, 3.8) is 0 Å².